The average Bonchev–Trinajstić information content (AvgIpc) is 2.81. The predicted molar refractivity (Wildman–Crippen MR) is 128 cm³/mol. The van der Waals surface area contributed by atoms with Gasteiger partial charge in [0.1, 0.15) is 11.9 Å². The van der Waals surface area contributed by atoms with Crippen LogP contribution < -0.4 is 20.7 Å². The van der Waals surface area contributed by atoms with Crippen molar-refractivity contribution in [1.82, 2.24) is 15.5 Å². The van der Waals surface area contributed by atoms with Crippen LogP contribution in [0.25, 0.3) is 0 Å². The standard InChI is InChI=1S/C25H40N4O3/c1-17(2)29-16-18(3)23(14-26-4)32-22-11-10-21(12-19(22)13-25(29)31)28-24(30)15-27-20-8-6-5-7-9-20/h10-12,17-18,20,23,26-27H,5-9,13-16H2,1-4H3,(H,28,30)/t18-,23+/m1/s1. The Balaban J connectivity index is 1.73. The molecule has 1 aliphatic carbocycles. The van der Waals surface area contributed by atoms with Crippen molar-refractivity contribution in [3.8, 4) is 5.75 Å². The molecule has 178 valence electrons. The first-order valence-electron chi connectivity index (χ1n) is 12.1. The molecule has 7 nitrogen and oxygen atoms in total. The summed E-state index contributed by atoms with van der Waals surface area (Å²) in [6, 6.07) is 6.19. The Hall–Kier alpha value is -2.12. The first-order chi connectivity index (χ1) is 15.4. The van der Waals surface area contributed by atoms with E-state index >= 15 is 0 Å². The van der Waals surface area contributed by atoms with Gasteiger partial charge in [0.05, 0.1) is 13.0 Å². The summed E-state index contributed by atoms with van der Waals surface area (Å²) in [5.41, 5.74) is 1.51. The zero-order valence-electron chi connectivity index (χ0n) is 20.1. The summed E-state index contributed by atoms with van der Waals surface area (Å²) < 4.78 is 6.37. The molecule has 0 saturated heterocycles. The van der Waals surface area contributed by atoms with E-state index in [1.54, 1.807) is 0 Å². The fraction of sp³-hybridized carbons (Fsp3) is 0.680. The zero-order valence-corrected chi connectivity index (χ0v) is 20.1. The van der Waals surface area contributed by atoms with Crippen LogP contribution in [0.15, 0.2) is 18.2 Å². The number of hydrogen-bond acceptors (Lipinski definition) is 5. The third-order valence-electron chi connectivity index (χ3n) is 6.59. The number of amides is 2. The number of anilines is 1. The van der Waals surface area contributed by atoms with Gasteiger partial charge in [0.15, 0.2) is 0 Å². The molecule has 0 aromatic heterocycles. The molecular weight excluding hydrogens is 404 g/mol. The van der Waals surface area contributed by atoms with Gasteiger partial charge in [0, 0.05) is 42.3 Å². The van der Waals surface area contributed by atoms with Gasteiger partial charge in [-0.1, -0.05) is 26.2 Å². The molecule has 0 spiro atoms. The van der Waals surface area contributed by atoms with Crippen molar-refractivity contribution in [3.63, 3.8) is 0 Å². The van der Waals surface area contributed by atoms with Gasteiger partial charge in [-0.05, 0) is 51.9 Å². The Morgan fingerprint density at radius 2 is 1.97 bits per heavy atom. The molecule has 1 aromatic rings. The third-order valence-corrected chi connectivity index (χ3v) is 6.59. The molecule has 3 N–H and O–H groups in total. The van der Waals surface area contributed by atoms with E-state index in [4.69, 9.17) is 4.74 Å². The summed E-state index contributed by atoms with van der Waals surface area (Å²) in [4.78, 5) is 27.5. The third kappa shape index (κ3) is 6.69. The normalized spacial score (nSPS) is 22.5. The summed E-state index contributed by atoms with van der Waals surface area (Å²) in [5.74, 6) is 0.931. The SMILES string of the molecule is CNC[C@@H]1Oc2ccc(NC(=O)CNC3CCCCC3)cc2CC(=O)N(C(C)C)C[C@H]1C. The number of likely N-dealkylation sites (N-methyl/N-ethyl adjacent to an activating group) is 1. The van der Waals surface area contributed by atoms with Crippen molar-refractivity contribution in [2.75, 3.05) is 32.0 Å². The fourth-order valence-electron chi connectivity index (χ4n) is 4.68. The topological polar surface area (TPSA) is 82.7 Å². The van der Waals surface area contributed by atoms with E-state index in [9.17, 15) is 9.59 Å². The second-order valence-electron chi connectivity index (χ2n) is 9.59. The number of nitrogens with zero attached hydrogens (tertiary/aromatic N) is 1. The van der Waals surface area contributed by atoms with Crippen LogP contribution in [0.3, 0.4) is 0 Å². The van der Waals surface area contributed by atoms with Crippen LogP contribution >= 0.6 is 0 Å². The quantitative estimate of drug-likeness (QED) is 0.602. The van der Waals surface area contributed by atoms with Gasteiger partial charge in [0.25, 0.3) is 0 Å². The molecule has 1 fully saturated rings. The Kier molecular flexibility index (Phi) is 8.93. The van der Waals surface area contributed by atoms with Crippen LogP contribution in [0.5, 0.6) is 5.75 Å². The molecule has 7 heteroatoms. The van der Waals surface area contributed by atoms with Crippen molar-refractivity contribution in [2.45, 2.75) is 77.5 Å². The number of ether oxygens (including phenoxy) is 1. The highest BCUT2D eigenvalue weighted by atomic mass is 16.5. The van der Waals surface area contributed by atoms with Crippen molar-refractivity contribution in [1.29, 1.82) is 0 Å². The van der Waals surface area contributed by atoms with E-state index in [1.165, 1.54) is 19.3 Å². The van der Waals surface area contributed by atoms with Crippen LogP contribution in [-0.4, -0.2) is 61.6 Å². The second kappa shape index (κ2) is 11.7. The molecule has 0 unspecified atom stereocenters. The number of hydrogen-bond donors (Lipinski definition) is 3. The molecule has 1 aromatic carbocycles. The summed E-state index contributed by atoms with van der Waals surface area (Å²) >= 11 is 0. The van der Waals surface area contributed by atoms with E-state index in [0.717, 1.165) is 24.2 Å². The van der Waals surface area contributed by atoms with E-state index in [0.29, 0.717) is 31.4 Å². The number of fused-ring (bicyclic) bond motifs is 1. The summed E-state index contributed by atoms with van der Waals surface area (Å²) in [6.45, 7) is 7.89. The maximum Gasteiger partial charge on any atom is 0.238 e. The summed E-state index contributed by atoms with van der Waals surface area (Å²) in [6.07, 6.45) is 6.26. The van der Waals surface area contributed by atoms with E-state index in [2.05, 4.69) is 22.9 Å². The van der Waals surface area contributed by atoms with Crippen molar-refractivity contribution in [2.24, 2.45) is 5.92 Å². The molecule has 1 saturated carbocycles. The predicted octanol–water partition coefficient (Wildman–Crippen LogP) is 2.94. The lowest BCUT2D eigenvalue weighted by molar-refractivity contribution is -0.133. The van der Waals surface area contributed by atoms with Gasteiger partial charge in [-0.2, -0.15) is 0 Å². The minimum Gasteiger partial charge on any atom is -0.488 e. The van der Waals surface area contributed by atoms with Gasteiger partial charge in [-0.25, -0.2) is 0 Å². The van der Waals surface area contributed by atoms with Crippen molar-refractivity contribution >= 4 is 17.5 Å². The van der Waals surface area contributed by atoms with Gasteiger partial charge < -0.3 is 25.6 Å². The lowest BCUT2D eigenvalue weighted by atomic mass is 9.95. The zero-order chi connectivity index (χ0) is 23.1. The number of carbonyl (C=O) groups is 2. The Bertz CT molecular complexity index is 776. The number of nitrogens with one attached hydrogen (secondary N) is 3. The molecule has 2 atom stereocenters. The molecule has 1 heterocycles. The van der Waals surface area contributed by atoms with Gasteiger partial charge in [0.2, 0.25) is 11.8 Å². The molecule has 2 aliphatic rings. The minimum atomic E-state index is -0.0590. The molecule has 3 rings (SSSR count). The molecule has 0 radical (unpaired) electrons. The van der Waals surface area contributed by atoms with Crippen LogP contribution in [0.4, 0.5) is 5.69 Å². The molecule has 1 aliphatic heterocycles. The lowest BCUT2D eigenvalue weighted by Gasteiger charge is -2.31. The average molecular weight is 445 g/mol. The Labute approximate surface area is 192 Å². The second-order valence-corrected chi connectivity index (χ2v) is 9.59. The largest absolute Gasteiger partial charge is 0.488 e. The maximum absolute atomic E-state index is 13.1. The molecule has 2 amide bonds. The first-order valence-corrected chi connectivity index (χ1v) is 12.1. The Morgan fingerprint density at radius 1 is 1.22 bits per heavy atom. The minimum absolute atomic E-state index is 0.0500. The lowest BCUT2D eigenvalue weighted by Crippen LogP contribution is -2.45. The van der Waals surface area contributed by atoms with Crippen LogP contribution in [-0.2, 0) is 16.0 Å². The van der Waals surface area contributed by atoms with Crippen molar-refractivity contribution in [3.05, 3.63) is 23.8 Å². The highest BCUT2D eigenvalue weighted by molar-refractivity contribution is 5.92. The van der Waals surface area contributed by atoms with E-state index in [1.807, 2.05) is 44.0 Å². The van der Waals surface area contributed by atoms with Crippen LogP contribution in [0.1, 0.15) is 58.4 Å². The summed E-state index contributed by atoms with van der Waals surface area (Å²) in [7, 11) is 1.91. The van der Waals surface area contributed by atoms with E-state index < -0.39 is 0 Å². The maximum atomic E-state index is 13.1. The monoisotopic (exact) mass is 444 g/mol. The fourth-order valence-corrected chi connectivity index (χ4v) is 4.68. The molecular formula is C25H40N4O3. The number of carbonyl (C=O) groups excluding carboxylic acids is 2. The Morgan fingerprint density at radius 3 is 2.66 bits per heavy atom. The van der Waals surface area contributed by atoms with Gasteiger partial charge >= 0.3 is 0 Å². The van der Waals surface area contributed by atoms with Crippen molar-refractivity contribution < 1.29 is 14.3 Å². The summed E-state index contributed by atoms with van der Waals surface area (Å²) in [5, 5.41) is 9.57. The van der Waals surface area contributed by atoms with Crippen LogP contribution in [0.2, 0.25) is 0 Å². The number of rotatable bonds is 7. The molecule has 32 heavy (non-hydrogen) atoms. The molecule has 0 bridgehead atoms. The van der Waals surface area contributed by atoms with Crippen LogP contribution in [0, 0.1) is 5.92 Å². The van der Waals surface area contributed by atoms with E-state index in [-0.39, 0.29) is 36.3 Å². The highest BCUT2D eigenvalue weighted by Gasteiger charge is 2.29. The van der Waals surface area contributed by atoms with Gasteiger partial charge in [-0.3, -0.25) is 9.59 Å². The smallest absolute Gasteiger partial charge is 0.238 e. The number of benzene rings is 1. The first kappa shape index (κ1) is 24.5. The highest BCUT2D eigenvalue weighted by Crippen LogP contribution is 2.28. The van der Waals surface area contributed by atoms with Gasteiger partial charge in [-0.15, -0.1) is 0 Å².